The Bertz CT molecular complexity index is 564. The summed E-state index contributed by atoms with van der Waals surface area (Å²) >= 11 is 0. The predicted molar refractivity (Wildman–Crippen MR) is 128 cm³/mol. The average molecular weight is 431 g/mol. The van der Waals surface area contributed by atoms with Crippen molar-refractivity contribution in [3.8, 4) is 0 Å². The van der Waals surface area contributed by atoms with Gasteiger partial charge in [-0.15, -0.1) is 0 Å². The SMILES string of the molecule is CC(C)[C@H](O)C12CC3CC(CC(C3)C1)C2.CO[C@@H](C(C)C)C12CC3CC(CC(C3)C1)C2. The molecule has 178 valence electrons. The molecule has 0 aromatic carbocycles. The van der Waals surface area contributed by atoms with Gasteiger partial charge in [-0.2, -0.15) is 0 Å². The zero-order chi connectivity index (χ0) is 22.0. The van der Waals surface area contributed by atoms with Crippen LogP contribution in [0.2, 0.25) is 0 Å². The molecule has 1 N–H and O–H groups in total. The second-order valence-corrected chi connectivity index (χ2v) is 14.1. The maximum absolute atomic E-state index is 10.5. The molecule has 2 heteroatoms. The standard InChI is InChI=1S/C15H26O.C14H24O/c1-10(2)14(16-3)15-7-11-4-12(8-15)6-13(5-11)9-15;1-9(2)13(15)14-6-10-3-11(7-14)5-12(4-10)8-14/h10-14H,4-9H2,1-3H3;9-13,15H,3-8H2,1-2H3/t11?,12?,13?,14-,15?;10?,11?,12?,13-,14?/m00/s1. The molecule has 0 aliphatic heterocycles. The molecule has 31 heavy (non-hydrogen) atoms. The zero-order valence-corrected chi connectivity index (χ0v) is 21.1. The molecule has 2 atom stereocenters. The molecule has 0 radical (unpaired) electrons. The quantitative estimate of drug-likeness (QED) is 0.504. The Hall–Kier alpha value is -0.0800. The fourth-order valence-corrected chi connectivity index (χ4v) is 11.0. The highest BCUT2D eigenvalue weighted by Gasteiger charge is 2.55. The number of aliphatic hydroxyl groups is 1. The molecule has 8 rings (SSSR count). The summed E-state index contributed by atoms with van der Waals surface area (Å²) in [7, 11) is 1.93. The normalized spacial score (nSPS) is 48.8. The maximum Gasteiger partial charge on any atom is 0.0650 e. The lowest BCUT2D eigenvalue weighted by Gasteiger charge is -2.59. The Balaban J connectivity index is 0.000000132. The zero-order valence-electron chi connectivity index (χ0n) is 21.1. The van der Waals surface area contributed by atoms with Crippen molar-refractivity contribution in [3.05, 3.63) is 0 Å². The third-order valence-corrected chi connectivity index (χ3v) is 10.9. The third kappa shape index (κ3) is 4.05. The van der Waals surface area contributed by atoms with Gasteiger partial charge in [0.1, 0.15) is 0 Å². The summed E-state index contributed by atoms with van der Waals surface area (Å²) in [6.45, 7) is 9.05. The molecular formula is C29H50O2. The van der Waals surface area contributed by atoms with Crippen LogP contribution in [0.25, 0.3) is 0 Å². The van der Waals surface area contributed by atoms with Gasteiger partial charge in [-0.05, 0) is 135 Å². The molecule has 0 heterocycles. The lowest BCUT2D eigenvalue weighted by Crippen LogP contribution is -2.53. The minimum Gasteiger partial charge on any atom is -0.392 e. The summed E-state index contributed by atoms with van der Waals surface area (Å²) < 4.78 is 5.90. The fourth-order valence-electron chi connectivity index (χ4n) is 11.0. The van der Waals surface area contributed by atoms with Gasteiger partial charge in [-0.25, -0.2) is 0 Å². The summed E-state index contributed by atoms with van der Waals surface area (Å²) in [5, 5.41) is 10.5. The van der Waals surface area contributed by atoms with Crippen LogP contribution >= 0.6 is 0 Å². The van der Waals surface area contributed by atoms with E-state index in [2.05, 4.69) is 27.7 Å². The maximum atomic E-state index is 10.5. The molecule has 0 aromatic heterocycles. The van der Waals surface area contributed by atoms with Gasteiger partial charge >= 0.3 is 0 Å². The van der Waals surface area contributed by atoms with E-state index in [1.807, 2.05) is 7.11 Å². The summed E-state index contributed by atoms with van der Waals surface area (Å²) in [6.07, 6.45) is 17.9. The first-order chi connectivity index (χ1) is 14.7. The molecule has 8 bridgehead atoms. The van der Waals surface area contributed by atoms with Gasteiger partial charge in [0.05, 0.1) is 12.2 Å². The summed E-state index contributed by atoms with van der Waals surface area (Å²) in [6, 6.07) is 0. The molecule has 0 amide bonds. The molecule has 0 unspecified atom stereocenters. The number of methoxy groups -OCH3 is 1. The van der Waals surface area contributed by atoms with Crippen LogP contribution in [0.1, 0.15) is 105 Å². The number of hydrogen-bond acceptors (Lipinski definition) is 2. The van der Waals surface area contributed by atoms with E-state index in [0.29, 0.717) is 28.8 Å². The monoisotopic (exact) mass is 430 g/mol. The number of ether oxygens (including phenoxy) is 1. The summed E-state index contributed by atoms with van der Waals surface area (Å²) in [5.41, 5.74) is 0.903. The first-order valence-corrected chi connectivity index (χ1v) is 13.9. The van der Waals surface area contributed by atoms with E-state index in [1.54, 1.807) is 0 Å². The topological polar surface area (TPSA) is 29.5 Å². The van der Waals surface area contributed by atoms with E-state index in [9.17, 15) is 5.11 Å². The number of hydrogen-bond donors (Lipinski definition) is 1. The van der Waals surface area contributed by atoms with Crippen LogP contribution in [-0.4, -0.2) is 24.4 Å². The van der Waals surface area contributed by atoms with Gasteiger partial charge in [0.25, 0.3) is 0 Å². The Labute approximate surface area is 192 Å². The summed E-state index contributed by atoms with van der Waals surface area (Å²) in [5.74, 6) is 7.15. The van der Waals surface area contributed by atoms with E-state index in [1.165, 1.54) is 77.0 Å². The van der Waals surface area contributed by atoms with E-state index in [-0.39, 0.29) is 6.10 Å². The second kappa shape index (κ2) is 8.30. The number of aliphatic hydroxyl groups excluding tert-OH is 1. The molecule has 8 aliphatic carbocycles. The van der Waals surface area contributed by atoms with Crippen LogP contribution in [0.15, 0.2) is 0 Å². The van der Waals surface area contributed by atoms with Crippen molar-refractivity contribution in [2.45, 2.75) is 117 Å². The molecule has 2 nitrogen and oxygen atoms in total. The minimum absolute atomic E-state index is 0.0362. The average Bonchev–Trinajstić information content (AvgIpc) is 2.65. The Morgan fingerprint density at radius 1 is 0.581 bits per heavy atom. The van der Waals surface area contributed by atoms with Crippen molar-refractivity contribution in [2.75, 3.05) is 7.11 Å². The minimum atomic E-state index is -0.0362. The molecule has 0 aromatic rings. The first-order valence-electron chi connectivity index (χ1n) is 13.9. The molecule has 8 fully saturated rings. The Morgan fingerprint density at radius 2 is 0.903 bits per heavy atom. The number of rotatable bonds is 5. The van der Waals surface area contributed by atoms with Crippen LogP contribution in [-0.2, 0) is 4.74 Å². The highest BCUT2D eigenvalue weighted by Crippen LogP contribution is 2.63. The Morgan fingerprint density at radius 3 is 1.16 bits per heavy atom. The van der Waals surface area contributed by atoms with Gasteiger partial charge < -0.3 is 9.84 Å². The molecular weight excluding hydrogens is 380 g/mol. The Kier molecular flexibility index (Phi) is 6.08. The smallest absolute Gasteiger partial charge is 0.0650 e. The van der Waals surface area contributed by atoms with Crippen molar-refractivity contribution in [1.29, 1.82) is 0 Å². The highest BCUT2D eigenvalue weighted by atomic mass is 16.5. The van der Waals surface area contributed by atoms with E-state index >= 15 is 0 Å². The first kappa shape index (κ1) is 22.7. The van der Waals surface area contributed by atoms with E-state index < -0.39 is 0 Å². The van der Waals surface area contributed by atoms with Gasteiger partial charge in [0, 0.05) is 7.11 Å². The van der Waals surface area contributed by atoms with Crippen molar-refractivity contribution in [1.82, 2.24) is 0 Å². The second-order valence-electron chi connectivity index (χ2n) is 14.1. The lowest BCUT2D eigenvalue weighted by atomic mass is 9.47. The summed E-state index contributed by atoms with van der Waals surface area (Å²) in [4.78, 5) is 0. The van der Waals surface area contributed by atoms with Gasteiger partial charge in [-0.1, -0.05) is 27.7 Å². The fraction of sp³-hybridized carbons (Fsp3) is 1.00. The van der Waals surface area contributed by atoms with Gasteiger partial charge in [-0.3, -0.25) is 0 Å². The van der Waals surface area contributed by atoms with E-state index in [0.717, 1.165) is 35.5 Å². The van der Waals surface area contributed by atoms with Gasteiger partial charge in [0.2, 0.25) is 0 Å². The van der Waals surface area contributed by atoms with Crippen LogP contribution in [0.4, 0.5) is 0 Å². The molecule has 0 saturated heterocycles. The van der Waals surface area contributed by atoms with Gasteiger partial charge in [0.15, 0.2) is 0 Å². The molecule has 8 aliphatic rings. The largest absolute Gasteiger partial charge is 0.392 e. The van der Waals surface area contributed by atoms with Crippen molar-refractivity contribution in [2.24, 2.45) is 58.2 Å². The van der Waals surface area contributed by atoms with Crippen LogP contribution in [0, 0.1) is 58.2 Å². The highest BCUT2D eigenvalue weighted by molar-refractivity contribution is 5.06. The lowest BCUT2D eigenvalue weighted by molar-refractivity contribution is -0.145. The van der Waals surface area contributed by atoms with Crippen molar-refractivity contribution < 1.29 is 9.84 Å². The van der Waals surface area contributed by atoms with Crippen LogP contribution in [0.5, 0.6) is 0 Å². The predicted octanol–water partition coefficient (Wildman–Crippen LogP) is 7.09. The van der Waals surface area contributed by atoms with Crippen molar-refractivity contribution >= 4 is 0 Å². The molecule has 0 spiro atoms. The third-order valence-electron chi connectivity index (χ3n) is 10.9. The van der Waals surface area contributed by atoms with Crippen molar-refractivity contribution in [3.63, 3.8) is 0 Å². The van der Waals surface area contributed by atoms with E-state index in [4.69, 9.17) is 4.74 Å². The van der Waals surface area contributed by atoms with Crippen LogP contribution < -0.4 is 0 Å². The molecule has 8 saturated carbocycles. The van der Waals surface area contributed by atoms with Crippen LogP contribution in [0.3, 0.4) is 0 Å².